The SMILES string of the molecule is COc1ccc(CC(=O)O)cc1-c1ccc(C(F)(F)F)cc1CN1C(=O)N(CC(=O)O)C(C)(c2ccccc2)C1=O. The molecule has 9 nitrogen and oxygen atoms in total. The molecule has 214 valence electrons. The number of aliphatic carboxylic acids is 2. The highest BCUT2D eigenvalue weighted by Gasteiger charge is 2.55. The number of nitrogens with zero attached hydrogens (tertiary/aromatic N) is 2. The zero-order valence-corrected chi connectivity index (χ0v) is 21.9. The molecule has 4 rings (SSSR count). The zero-order chi connectivity index (χ0) is 30.1. The number of rotatable bonds is 9. The topological polar surface area (TPSA) is 124 Å². The summed E-state index contributed by atoms with van der Waals surface area (Å²) in [6, 6.07) is 14.3. The van der Waals surface area contributed by atoms with Crippen LogP contribution in [-0.2, 0) is 39.1 Å². The minimum atomic E-state index is -4.75. The van der Waals surface area contributed by atoms with Gasteiger partial charge in [-0.2, -0.15) is 13.2 Å². The molecule has 2 N–H and O–H groups in total. The molecule has 0 aliphatic carbocycles. The van der Waals surface area contributed by atoms with E-state index in [1.165, 1.54) is 32.2 Å². The molecule has 12 heteroatoms. The number of imide groups is 1. The molecule has 0 radical (unpaired) electrons. The standard InChI is InChI=1S/C29H25F3N2O7/c1-28(19-6-4-3-5-7-19)26(39)33(27(40)34(28)16-25(37)38)15-18-14-20(29(30,31)32)9-10-21(18)22-12-17(13-24(35)36)8-11-23(22)41-2/h3-12,14H,13,15-16H2,1-2H3,(H,35,36)(H,37,38). The summed E-state index contributed by atoms with van der Waals surface area (Å²) in [5.74, 6) is -3.10. The monoisotopic (exact) mass is 570 g/mol. The summed E-state index contributed by atoms with van der Waals surface area (Å²) in [7, 11) is 1.34. The maximum atomic E-state index is 13.8. The van der Waals surface area contributed by atoms with Crippen molar-refractivity contribution >= 4 is 23.9 Å². The number of hydrogen-bond donors (Lipinski definition) is 2. The van der Waals surface area contributed by atoms with E-state index in [-0.39, 0.29) is 28.9 Å². The van der Waals surface area contributed by atoms with Crippen molar-refractivity contribution in [3.63, 3.8) is 0 Å². The van der Waals surface area contributed by atoms with Crippen LogP contribution in [0.4, 0.5) is 18.0 Å². The number of benzene rings is 3. The van der Waals surface area contributed by atoms with E-state index in [0.29, 0.717) is 11.1 Å². The summed E-state index contributed by atoms with van der Waals surface area (Å²) < 4.78 is 46.7. The highest BCUT2D eigenvalue weighted by Crippen LogP contribution is 2.41. The quantitative estimate of drug-likeness (QED) is 0.355. The molecule has 1 heterocycles. The van der Waals surface area contributed by atoms with Crippen LogP contribution in [0.3, 0.4) is 0 Å². The minimum absolute atomic E-state index is 0.0834. The Bertz CT molecular complexity index is 1520. The number of carboxylic acid groups (broad SMARTS) is 2. The first-order chi connectivity index (χ1) is 19.3. The summed E-state index contributed by atoms with van der Waals surface area (Å²) in [5, 5.41) is 18.7. The second-order valence-corrected chi connectivity index (χ2v) is 9.57. The average Bonchev–Trinajstić information content (AvgIpc) is 3.09. The van der Waals surface area contributed by atoms with E-state index in [9.17, 15) is 42.6 Å². The van der Waals surface area contributed by atoms with Crippen molar-refractivity contribution in [2.75, 3.05) is 13.7 Å². The number of amides is 3. The lowest BCUT2D eigenvalue weighted by atomic mass is 9.90. The van der Waals surface area contributed by atoms with Crippen LogP contribution in [0.15, 0.2) is 66.7 Å². The maximum Gasteiger partial charge on any atom is 0.416 e. The van der Waals surface area contributed by atoms with Gasteiger partial charge < -0.3 is 14.9 Å². The Hall–Kier alpha value is -4.87. The van der Waals surface area contributed by atoms with Gasteiger partial charge in [0, 0.05) is 5.56 Å². The summed E-state index contributed by atoms with van der Waals surface area (Å²) in [5.41, 5.74) is -1.77. The van der Waals surface area contributed by atoms with Crippen molar-refractivity contribution in [2.24, 2.45) is 0 Å². The fourth-order valence-corrected chi connectivity index (χ4v) is 4.93. The summed E-state index contributed by atoms with van der Waals surface area (Å²) >= 11 is 0. The predicted octanol–water partition coefficient (Wildman–Crippen LogP) is 4.77. The molecule has 0 spiro atoms. The molecule has 3 amide bonds. The number of carbonyl (C=O) groups excluding carboxylic acids is 2. The number of hydrogen-bond acceptors (Lipinski definition) is 5. The van der Waals surface area contributed by atoms with Crippen LogP contribution in [0.2, 0.25) is 0 Å². The Morgan fingerprint density at radius 2 is 1.61 bits per heavy atom. The van der Waals surface area contributed by atoms with Crippen LogP contribution in [-0.4, -0.2) is 57.5 Å². The second kappa shape index (κ2) is 11.0. The van der Waals surface area contributed by atoms with Gasteiger partial charge in [0.25, 0.3) is 5.91 Å². The normalized spacial score (nSPS) is 17.2. The smallest absolute Gasteiger partial charge is 0.416 e. The van der Waals surface area contributed by atoms with Gasteiger partial charge >= 0.3 is 24.1 Å². The number of halogens is 3. The van der Waals surface area contributed by atoms with Crippen LogP contribution in [0.5, 0.6) is 5.75 Å². The lowest BCUT2D eigenvalue weighted by molar-refractivity contribution is -0.140. The van der Waals surface area contributed by atoms with E-state index in [1.54, 1.807) is 30.3 Å². The Kier molecular flexibility index (Phi) is 7.78. The third-order valence-electron chi connectivity index (χ3n) is 6.96. The van der Waals surface area contributed by atoms with E-state index in [2.05, 4.69) is 0 Å². The number of alkyl halides is 3. The summed E-state index contributed by atoms with van der Waals surface area (Å²) in [6.45, 7) is -0.0638. The molecular weight excluding hydrogens is 545 g/mol. The fourth-order valence-electron chi connectivity index (χ4n) is 4.93. The van der Waals surface area contributed by atoms with Crippen molar-refractivity contribution < 1.29 is 47.3 Å². The van der Waals surface area contributed by atoms with Gasteiger partial charge in [-0.15, -0.1) is 0 Å². The molecule has 1 saturated heterocycles. The number of carbonyl (C=O) groups is 4. The van der Waals surface area contributed by atoms with Crippen molar-refractivity contribution in [1.29, 1.82) is 0 Å². The van der Waals surface area contributed by atoms with Gasteiger partial charge in [0.05, 0.1) is 25.6 Å². The van der Waals surface area contributed by atoms with Gasteiger partial charge in [-0.1, -0.05) is 42.5 Å². The number of ether oxygens (including phenoxy) is 1. The predicted molar refractivity (Wildman–Crippen MR) is 139 cm³/mol. The lowest BCUT2D eigenvalue weighted by Gasteiger charge is -2.30. The molecule has 0 saturated carbocycles. The molecule has 1 unspecified atom stereocenters. The van der Waals surface area contributed by atoms with Crippen LogP contribution >= 0.6 is 0 Å². The first kappa shape index (κ1) is 29.1. The van der Waals surface area contributed by atoms with Gasteiger partial charge in [-0.05, 0) is 53.4 Å². The first-order valence-corrected chi connectivity index (χ1v) is 12.3. The van der Waals surface area contributed by atoms with Crippen molar-refractivity contribution in [3.05, 3.63) is 89.0 Å². The van der Waals surface area contributed by atoms with Gasteiger partial charge in [0.15, 0.2) is 0 Å². The Morgan fingerprint density at radius 3 is 2.20 bits per heavy atom. The van der Waals surface area contributed by atoms with E-state index in [0.717, 1.165) is 28.0 Å². The summed E-state index contributed by atoms with van der Waals surface area (Å²) in [6.07, 6.45) is -5.12. The first-order valence-electron chi connectivity index (χ1n) is 12.3. The number of urea groups is 1. The lowest BCUT2D eigenvalue weighted by Crippen LogP contribution is -2.46. The van der Waals surface area contributed by atoms with E-state index < -0.39 is 54.2 Å². The number of methoxy groups -OCH3 is 1. The van der Waals surface area contributed by atoms with Gasteiger partial charge in [-0.25, -0.2) is 4.79 Å². The maximum absolute atomic E-state index is 13.8. The van der Waals surface area contributed by atoms with Crippen molar-refractivity contribution in [1.82, 2.24) is 9.80 Å². The molecule has 1 fully saturated rings. The molecule has 0 aromatic heterocycles. The molecular formula is C29H25F3N2O7. The van der Waals surface area contributed by atoms with Crippen LogP contribution in [0.1, 0.15) is 29.2 Å². The van der Waals surface area contributed by atoms with E-state index >= 15 is 0 Å². The average molecular weight is 571 g/mol. The molecule has 3 aromatic rings. The Morgan fingerprint density at radius 1 is 0.927 bits per heavy atom. The van der Waals surface area contributed by atoms with Crippen LogP contribution in [0.25, 0.3) is 11.1 Å². The Balaban J connectivity index is 1.87. The van der Waals surface area contributed by atoms with Crippen LogP contribution in [0, 0.1) is 0 Å². The molecule has 1 aliphatic rings. The third kappa shape index (κ3) is 5.58. The highest BCUT2D eigenvalue weighted by molar-refractivity contribution is 6.08. The fraction of sp³-hybridized carbons (Fsp3) is 0.241. The molecule has 1 aliphatic heterocycles. The molecule has 1 atom stereocenters. The van der Waals surface area contributed by atoms with Crippen molar-refractivity contribution in [2.45, 2.75) is 31.6 Å². The van der Waals surface area contributed by atoms with E-state index in [1.807, 2.05) is 0 Å². The molecule has 41 heavy (non-hydrogen) atoms. The molecule has 0 bridgehead atoms. The number of carboxylic acids is 2. The van der Waals surface area contributed by atoms with Gasteiger partial charge in [0.1, 0.15) is 17.8 Å². The van der Waals surface area contributed by atoms with Gasteiger partial charge in [-0.3, -0.25) is 24.2 Å². The van der Waals surface area contributed by atoms with Crippen LogP contribution < -0.4 is 4.74 Å². The van der Waals surface area contributed by atoms with E-state index in [4.69, 9.17) is 4.74 Å². The third-order valence-corrected chi connectivity index (χ3v) is 6.96. The largest absolute Gasteiger partial charge is 0.496 e. The minimum Gasteiger partial charge on any atom is -0.496 e. The van der Waals surface area contributed by atoms with Gasteiger partial charge in [0.2, 0.25) is 0 Å². The second-order valence-electron chi connectivity index (χ2n) is 9.57. The highest BCUT2D eigenvalue weighted by atomic mass is 19.4. The van der Waals surface area contributed by atoms with Crippen molar-refractivity contribution in [3.8, 4) is 16.9 Å². The Labute approximate surface area is 232 Å². The molecule has 3 aromatic carbocycles. The summed E-state index contributed by atoms with van der Waals surface area (Å²) in [4.78, 5) is 51.9. The zero-order valence-electron chi connectivity index (χ0n) is 21.9.